The number of carbonyl (C=O) groups excluding carboxylic acids is 2. The highest BCUT2D eigenvalue weighted by Gasteiger charge is 2.23. The molecule has 1 aliphatic rings. The number of amides is 2. The number of fused-ring (bicyclic) bond motifs is 1. The molecule has 2 amide bonds. The Kier molecular flexibility index (Phi) is 4.74. The lowest BCUT2D eigenvalue weighted by atomic mass is 9.98. The summed E-state index contributed by atoms with van der Waals surface area (Å²) in [5, 5.41) is 2.97. The van der Waals surface area contributed by atoms with Crippen LogP contribution in [0.2, 0.25) is 0 Å². The van der Waals surface area contributed by atoms with Crippen molar-refractivity contribution in [3.63, 3.8) is 0 Å². The van der Waals surface area contributed by atoms with E-state index in [0.29, 0.717) is 24.4 Å². The zero-order chi connectivity index (χ0) is 19.7. The lowest BCUT2D eigenvalue weighted by Crippen LogP contribution is -2.35. The number of nitrogens with one attached hydrogen (secondary N) is 1. The van der Waals surface area contributed by atoms with Crippen LogP contribution in [0.5, 0.6) is 0 Å². The van der Waals surface area contributed by atoms with Crippen LogP contribution in [-0.2, 0) is 13.0 Å². The molecule has 2 aromatic carbocycles. The molecule has 0 aliphatic carbocycles. The molecule has 0 unspecified atom stereocenters. The zero-order valence-electron chi connectivity index (χ0n) is 16.0. The van der Waals surface area contributed by atoms with Gasteiger partial charge in [-0.15, -0.1) is 0 Å². The third kappa shape index (κ3) is 3.56. The van der Waals surface area contributed by atoms with Crippen LogP contribution in [0.25, 0.3) is 0 Å². The van der Waals surface area contributed by atoms with Gasteiger partial charge in [0.05, 0.1) is 6.26 Å². The molecule has 5 heteroatoms. The number of nitrogens with zero attached hydrogens (tertiary/aromatic N) is 1. The number of furan rings is 1. The van der Waals surface area contributed by atoms with Gasteiger partial charge in [-0.3, -0.25) is 9.59 Å². The van der Waals surface area contributed by atoms with Crippen LogP contribution in [0.1, 0.15) is 43.2 Å². The van der Waals surface area contributed by atoms with Gasteiger partial charge in [0.25, 0.3) is 11.8 Å². The van der Waals surface area contributed by atoms with E-state index >= 15 is 0 Å². The average Bonchev–Trinajstić information content (AvgIpc) is 3.23. The largest absolute Gasteiger partial charge is 0.459 e. The summed E-state index contributed by atoms with van der Waals surface area (Å²) in [6, 6.07) is 15.0. The smallest absolute Gasteiger partial charge is 0.289 e. The Morgan fingerprint density at radius 3 is 2.61 bits per heavy atom. The second-order valence-corrected chi connectivity index (χ2v) is 7.19. The van der Waals surface area contributed by atoms with Gasteiger partial charge in [0.2, 0.25) is 0 Å². The van der Waals surface area contributed by atoms with Crippen molar-refractivity contribution in [1.82, 2.24) is 4.90 Å². The second kappa shape index (κ2) is 7.35. The molecule has 0 saturated heterocycles. The number of hydrogen-bond donors (Lipinski definition) is 1. The number of aryl methyl sites for hydroxylation is 2. The molecule has 0 atom stereocenters. The maximum atomic E-state index is 12.6. The maximum Gasteiger partial charge on any atom is 0.289 e. The topological polar surface area (TPSA) is 62.6 Å². The van der Waals surface area contributed by atoms with Gasteiger partial charge in [0.1, 0.15) is 0 Å². The summed E-state index contributed by atoms with van der Waals surface area (Å²) in [6.07, 6.45) is 2.29. The number of hydrogen-bond acceptors (Lipinski definition) is 3. The van der Waals surface area contributed by atoms with Crippen LogP contribution >= 0.6 is 0 Å². The fraction of sp³-hybridized carbons (Fsp3) is 0.217. The van der Waals surface area contributed by atoms with E-state index in [2.05, 4.69) is 5.32 Å². The van der Waals surface area contributed by atoms with E-state index in [1.807, 2.05) is 50.2 Å². The first-order valence-electron chi connectivity index (χ1n) is 9.34. The van der Waals surface area contributed by atoms with Crippen LogP contribution in [0.4, 0.5) is 5.69 Å². The number of benzene rings is 2. The van der Waals surface area contributed by atoms with Gasteiger partial charge in [-0.1, -0.05) is 12.1 Å². The summed E-state index contributed by atoms with van der Waals surface area (Å²) in [5.74, 6) is 0.102. The van der Waals surface area contributed by atoms with E-state index in [9.17, 15) is 9.59 Å². The monoisotopic (exact) mass is 374 g/mol. The third-order valence-corrected chi connectivity index (χ3v) is 5.26. The van der Waals surface area contributed by atoms with Crippen molar-refractivity contribution >= 4 is 17.5 Å². The molecule has 0 saturated carbocycles. The highest BCUT2D eigenvalue weighted by Crippen LogP contribution is 2.24. The standard InChI is InChI=1S/C23H22N2O3/c1-15-5-6-18(12-16(15)2)22(26)24-20-8-7-17-9-10-25(14-19(17)13-20)23(27)21-4-3-11-28-21/h3-8,11-13H,9-10,14H2,1-2H3,(H,24,26). The summed E-state index contributed by atoms with van der Waals surface area (Å²) in [6.45, 7) is 5.18. The predicted octanol–water partition coefficient (Wildman–Crippen LogP) is 4.35. The van der Waals surface area contributed by atoms with Crippen LogP contribution in [0.3, 0.4) is 0 Å². The molecule has 1 aromatic heterocycles. The van der Waals surface area contributed by atoms with E-state index in [-0.39, 0.29) is 11.8 Å². The minimum absolute atomic E-state index is 0.111. The van der Waals surface area contributed by atoms with Crippen molar-refractivity contribution in [3.8, 4) is 0 Å². The Labute approximate surface area is 164 Å². The van der Waals surface area contributed by atoms with E-state index in [4.69, 9.17) is 4.42 Å². The molecule has 2 heterocycles. The molecule has 4 rings (SSSR count). The fourth-order valence-corrected chi connectivity index (χ4v) is 3.45. The molecular weight excluding hydrogens is 352 g/mol. The average molecular weight is 374 g/mol. The molecule has 0 radical (unpaired) electrons. The number of rotatable bonds is 3. The molecule has 28 heavy (non-hydrogen) atoms. The van der Waals surface area contributed by atoms with Crippen molar-refractivity contribution in [2.75, 3.05) is 11.9 Å². The molecule has 0 bridgehead atoms. The van der Waals surface area contributed by atoms with Gasteiger partial charge in [-0.2, -0.15) is 0 Å². The van der Waals surface area contributed by atoms with Crippen LogP contribution in [0, 0.1) is 13.8 Å². The minimum atomic E-state index is -0.137. The highest BCUT2D eigenvalue weighted by molar-refractivity contribution is 6.04. The Morgan fingerprint density at radius 2 is 1.86 bits per heavy atom. The van der Waals surface area contributed by atoms with Crippen molar-refractivity contribution in [1.29, 1.82) is 0 Å². The van der Waals surface area contributed by atoms with Gasteiger partial charge in [-0.05, 0) is 78.9 Å². The van der Waals surface area contributed by atoms with Crippen molar-refractivity contribution in [2.45, 2.75) is 26.8 Å². The van der Waals surface area contributed by atoms with Crippen molar-refractivity contribution in [3.05, 3.63) is 88.4 Å². The van der Waals surface area contributed by atoms with E-state index < -0.39 is 0 Å². The summed E-state index contributed by atoms with van der Waals surface area (Å²) in [7, 11) is 0. The van der Waals surface area contributed by atoms with E-state index in [1.54, 1.807) is 17.0 Å². The fourth-order valence-electron chi connectivity index (χ4n) is 3.45. The van der Waals surface area contributed by atoms with Gasteiger partial charge < -0.3 is 14.6 Å². The van der Waals surface area contributed by atoms with Crippen molar-refractivity contribution < 1.29 is 14.0 Å². The van der Waals surface area contributed by atoms with E-state index in [1.165, 1.54) is 11.8 Å². The summed E-state index contributed by atoms with van der Waals surface area (Å²) in [5.41, 5.74) is 5.86. The molecule has 0 spiro atoms. The molecule has 5 nitrogen and oxygen atoms in total. The third-order valence-electron chi connectivity index (χ3n) is 5.26. The highest BCUT2D eigenvalue weighted by atomic mass is 16.3. The molecule has 3 aromatic rings. The Morgan fingerprint density at radius 1 is 1.00 bits per heavy atom. The maximum absolute atomic E-state index is 12.6. The second-order valence-electron chi connectivity index (χ2n) is 7.19. The Bertz CT molecular complexity index is 1040. The summed E-state index contributed by atoms with van der Waals surface area (Å²) in [4.78, 5) is 26.9. The number of anilines is 1. The first-order valence-corrected chi connectivity index (χ1v) is 9.34. The molecule has 1 N–H and O–H groups in total. The van der Waals surface area contributed by atoms with E-state index in [0.717, 1.165) is 28.8 Å². The van der Waals surface area contributed by atoms with Gasteiger partial charge in [-0.25, -0.2) is 0 Å². The van der Waals surface area contributed by atoms with Crippen LogP contribution < -0.4 is 5.32 Å². The van der Waals surface area contributed by atoms with Gasteiger partial charge >= 0.3 is 0 Å². The van der Waals surface area contributed by atoms with Crippen LogP contribution in [0.15, 0.2) is 59.2 Å². The quantitative estimate of drug-likeness (QED) is 0.741. The summed E-state index contributed by atoms with van der Waals surface area (Å²) < 4.78 is 5.23. The lowest BCUT2D eigenvalue weighted by Gasteiger charge is -2.28. The molecule has 142 valence electrons. The normalized spacial score (nSPS) is 13.1. The van der Waals surface area contributed by atoms with Crippen LogP contribution in [-0.4, -0.2) is 23.3 Å². The lowest BCUT2D eigenvalue weighted by molar-refractivity contribution is 0.0702. The number of carbonyl (C=O) groups is 2. The van der Waals surface area contributed by atoms with Crippen molar-refractivity contribution in [2.24, 2.45) is 0 Å². The predicted molar refractivity (Wildman–Crippen MR) is 107 cm³/mol. The minimum Gasteiger partial charge on any atom is -0.459 e. The zero-order valence-corrected chi connectivity index (χ0v) is 16.0. The van der Waals surface area contributed by atoms with Gasteiger partial charge in [0, 0.05) is 24.3 Å². The molecule has 1 aliphatic heterocycles. The Hall–Kier alpha value is -3.34. The first-order chi connectivity index (χ1) is 13.5. The Balaban J connectivity index is 1.50. The molecule has 0 fully saturated rings. The SMILES string of the molecule is Cc1ccc(C(=O)Nc2ccc3c(c2)CN(C(=O)c2ccco2)CC3)cc1C. The molecular formula is C23H22N2O3. The first kappa shape index (κ1) is 18.0. The van der Waals surface area contributed by atoms with Gasteiger partial charge in [0.15, 0.2) is 5.76 Å². The summed E-state index contributed by atoms with van der Waals surface area (Å²) >= 11 is 0.